The molecule has 3 aromatic heterocycles. The first-order valence-corrected chi connectivity index (χ1v) is 7.87. The second-order valence-corrected chi connectivity index (χ2v) is 5.57. The second-order valence-electron chi connectivity index (χ2n) is 5.57. The zero-order valence-corrected chi connectivity index (χ0v) is 14.3. The van der Waals surface area contributed by atoms with Crippen molar-refractivity contribution in [3.05, 3.63) is 99.9 Å². The van der Waals surface area contributed by atoms with E-state index in [4.69, 9.17) is 0 Å². The lowest BCUT2D eigenvalue weighted by atomic mass is 10.2. The molecule has 4 aromatic rings. The normalized spacial score (nSPS) is 10.2. The fraction of sp³-hybridized carbons (Fsp3) is 0.105. The second kappa shape index (κ2) is 7.52. The minimum Gasteiger partial charge on any atom is -0.416 e. The maximum atomic E-state index is 11.1. The number of benzene rings is 1. The third kappa shape index (κ3) is 3.89. The Hall–Kier alpha value is -3.61. The third-order valence-electron chi connectivity index (χ3n) is 3.64. The van der Waals surface area contributed by atoms with Crippen molar-refractivity contribution in [3.8, 4) is 11.4 Å². The summed E-state index contributed by atoms with van der Waals surface area (Å²) in [5, 5.41) is 0. The number of aryl methyl sites for hydroxylation is 2. The van der Waals surface area contributed by atoms with E-state index in [9.17, 15) is 9.59 Å². The number of pyridine rings is 1. The van der Waals surface area contributed by atoms with Crippen molar-refractivity contribution in [1.82, 2.24) is 14.1 Å². The molecule has 0 spiro atoms. The van der Waals surface area contributed by atoms with E-state index < -0.39 is 5.76 Å². The van der Waals surface area contributed by atoms with Gasteiger partial charge in [-0.3, -0.25) is 4.98 Å². The van der Waals surface area contributed by atoms with Crippen LogP contribution in [0.15, 0.2) is 85.9 Å². The molecule has 0 N–H and O–H groups in total. The fourth-order valence-corrected chi connectivity index (χ4v) is 2.23. The molecule has 0 radical (unpaired) electrons. The highest BCUT2D eigenvalue weighted by molar-refractivity contribution is 5.33. The monoisotopic (exact) mass is 351 g/mol. The number of oxazole rings is 2. The largest absolute Gasteiger partial charge is 0.423 e. The van der Waals surface area contributed by atoms with Crippen LogP contribution in [-0.4, -0.2) is 14.1 Å². The van der Waals surface area contributed by atoms with Crippen LogP contribution < -0.4 is 11.5 Å². The van der Waals surface area contributed by atoms with E-state index in [0.29, 0.717) is 5.69 Å². The molecule has 132 valence electrons. The predicted octanol–water partition coefficient (Wildman–Crippen LogP) is 2.87. The molecule has 0 unspecified atom stereocenters. The van der Waals surface area contributed by atoms with Gasteiger partial charge in [0.15, 0.2) is 0 Å². The highest BCUT2D eigenvalue weighted by Crippen LogP contribution is 2.06. The van der Waals surface area contributed by atoms with Crippen molar-refractivity contribution in [3.63, 3.8) is 0 Å². The van der Waals surface area contributed by atoms with E-state index in [2.05, 4.69) is 13.8 Å². The molecule has 4 rings (SSSR count). The predicted molar refractivity (Wildman–Crippen MR) is 95.9 cm³/mol. The van der Waals surface area contributed by atoms with Crippen LogP contribution in [0.4, 0.5) is 0 Å². The molecular weight excluding hydrogens is 334 g/mol. The van der Waals surface area contributed by atoms with Gasteiger partial charge in [0.25, 0.3) is 0 Å². The molecule has 26 heavy (non-hydrogen) atoms. The maximum absolute atomic E-state index is 11.1. The van der Waals surface area contributed by atoms with Crippen molar-refractivity contribution < 1.29 is 8.83 Å². The Kier molecular flexibility index (Phi) is 4.98. The maximum Gasteiger partial charge on any atom is 0.423 e. The zero-order valence-electron chi connectivity index (χ0n) is 14.3. The van der Waals surface area contributed by atoms with Crippen LogP contribution in [-0.2, 0) is 0 Å². The highest BCUT2D eigenvalue weighted by atomic mass is 16.4. The van der Waals surface area contributed by atoms with Crippen LogP contribution in [0.3, 0.4) is 0 Å². The first-order valence-electron chi connectivity index (χ1n) is 7.87. The van der Waals surface area contributed by atoms with Gasteiger partial charge in [0, 0.05) is 5.69 Å². The average molecular weight is 351 g/mol. The molecule has 0 aliphatic heterocycles. The standard InChI is InChI=1S/C10H9NO2.C9H8N2O2/c1-8-2-4-9(5-3-8)11-6-7-13-10(11)12;1-7-2-3-8(6-10-7)11-4-5-13-9(11)12/h2-7H,1H3;2-6H,1H3. The molecule has 0 saturated carbocycles. The molecule has 0 fully saturated rings. The first-order chi connectivity index (χ1) is 12.5. The number of aromatic nitrogens is 3. The molecule has 0 aliphatic carbocycles. The van der Waals surface area contributed by atoms with E-state index in [0.717, 1.165) is 11.4 Å². The molecule has 0 aliphatic rings. The molecule has 0 atom stereocenters. The van der Waals surface area contributed by atoms with E-state index in [1.54, 1.807) is 18.6 Å². The molecule has 0 bridgehead atoms. The minimum absolute atomic E-state index is 0.358. The summed E-state index contributed by atoms with van der Waals surface area (Å²) >= 11 is 0. The van der Waals surface area contributed by atoms with Crippen LogP contribution in [0.1, 0.15) is 11.3 Å². The van der Waals surface area contributed by atoms with Gasteiger partial charge in [0.2, 0.25) is 0 Å². The van der Waals surface area contributed by atoms with Gasteiger partial charge in [-0.15, -0.1) is 0 Å². The van der Waals surface area contributed by atoms with Crippen molar-refractivity contribution in [2.75, 3.05) is 0 Å². The summed E-state index contributed by atoms with van der Waals surface area (Å²) in [7, 11) is 0. The van der Waals surface area contributed by atoms with Crippen molar-refractivity contribution >= 4 is 0 Å². The first kappa shape index (κ1) is 17.2. The SMILES string of the molecule is Cc1ccc(-n2ccoc2=O)cc1.Cc1ccc(-n2ccoc2=O)cn1. The highest BCUT2D eigenvalue weighted by Gasteiger charge is 2.01. The summed E-state index contributed by atoms with van der Waals surface area (Å²) in [6, 6.07) is 11.3. The summed E-state index contributed by atoms with van der Waals surface area (Å²) in [5.74, 6) is -0.755. The summed E-state index contributed by atoms with van der Waals surface area (Å²) in [4.78, 5) is 26.2. The molecular formula is C19H17N3O4. The van der Waals surface area contributed by atoms with Crippen LogP contribution in [0.25, 0.3) is 11.4 Å². The number of hydrogen-bond donors (Lipinski definition) is 0. The molecule has 7 heteroatoms. The Morgan fingerprint density at radius 2 is 1.31 bits per heavy atom. The Bertz CT molecular complexity index is 993. The number of nitrogens with zero attached hydrogens (tertiary/aromatic N) is 3. The lowest BCUT2D eigenvalue weighted by Crippen LogP contribution is -2.10. The lowest BCUT2D eigenvalue weighted by molar-refractivity contribution is 0.504. The number of rotatable bonds is 2. The Morgan fingerprint density at radius 1 is 0.769 bits per heavy atom. The van der Waals surface area contributed by atoms with E-state index >= 15 is 0 Å². The van der Waals surface area contributed by atoms with Gasteiger partial charge in [-0.05, 0) is 38.1 Å². The summed E-state index contributed by atoms with van der Waals surface area (Å²) in [6.45, 7) is 3.89. The van der Waals surface area contributed by atoms with E-state index in [1.165, 1.54) is 27.2 Å². The molecule has 0 amide bonds. The Balaban J connectivity index is 0.000000151. The van der Waals surface area contributed by atoms with Crippen molar-refractivity contribution in [1.29, 1.82) is 0 Å². The lowest BCUT2D eigenvalue weighted by Gasteiger charge is -1.99. The van der Waals surface area contributed by atoms with Crippen LogP contribution in [0.5, 0.6) is 0 Å². The summed E-state index contributed by atoms with van der Waals surface area (Å²) < 4.78 is 12.1. The Morgan fingerprint density at radius 3 is 1.77 bits per heavy atom. The molecule has 0 saturated heterocycles. The van der Waals surface area contributed by atoms with Gasteiger partial charge in [0.05, 0.1) is 30.0 Å². The van der Waals surface area contributed by atoms with E-state index in [1.807, 2.05) is 50.2 Å². The minimum atomic E-state index is -0.398. The van der Waals surface area contributed by atoms with E-state index in [-0.39, 0.29) is 5.76 Å². The van der Waals surface area contributed by atoms with Crippen LogP contribution in [0, 0.1) is 13.8 Å². The fourth-order valence-electron chi connectivity index (χ4n) is 2.23. The van der Waals surface area contributed by atoms with Gasteiger partial charge >= 0.3 is 11.5 Å². The van der Waals surface area contributed by atoms with Gasteiger partial charge in [-0.25, -0.2) is 18.7 Å². The molecule has 7 nitrogen and oxygen atoms in total. The van der Waals surface area contributed by atoms with Gasteiger partial charge in [-0.2, -0.15) is 0 Å². The third-order valence-corrected chi connectivity index (χ3v) is 3.64. The van der Waals surface area contributed by atoms with Crippen molar-refractivity contribution in [2.45, 2.75) is 13.8 Å². The quantitative estimate of drug-likeness (QED) is 0.554. The Labute approximate surface area is 148 Å². The smallest absolute Gasteiger partial charge is 0.416 e. The van der Waals surface area contributed by atoms with Gasteiger partial charge in [-0.1, -0.05) is 17.7 Å². The summed E-state index contributed by atoms with van der Waals surface area (Å²) in [6.07, 6.45) is 7.53. The van der Waals surface area contributed by atoms with Gasteiger partial charge in [0.1, 0.15) is 12.5 Å². The van der Waals surface area contributed by atoms with Crippen LogP contribution in [0.2, 0.25) is 0 Å². The van der Waals surface area contributed by atoms with Gasteiger partial charge < -0.3 is 8.83 Å². The summed E-state index contributed by atoms with van der Waals surface area (Å²) in [5.41, 5.74) is 3.62. The number of hydrogen-bond acceptors (Lipinski definition) is 5. The van der Waals surface area contributed by atoms with Crippen molar-refractivity contribution in [2.24, 2.45) is 0 Å². The molecule has 3 heterocycles. The topological polar surface area (TPSA) is 83.2 Å². The van der Waals surface area contributed by atoms with Crippen LogP contribution >= 0.6 is 0 Å². The zero-order chi connectivity index (χ0) is 18.5. The molecule has 1 aromatic carbocycles. The average Bonchev–Trinajstić information content (AvgIpc) is 3.25.